The van der Waals surface area contributed by atoms with E-state index < -0.39 is 31.2 Å². The van der Waals surface area contributed by atoms with Crippen LogP contribution < -0.4 is 0 Å². The minimum absolute atomic E-state index is 0.0137. The highest BCUT2D eigenvalue weighted by molar-refractivity contribution is 7.12. The summed E-state index contributed by atoms with van der Waals surface area (Å²) in [6.07, 6.45) is -0.437. The first kappa shape index (κ1) is 27.7. The summed E-state index contributed by atoms with van der Waals surface area (Å²) in [4.78, 5) is 13.5. The van der Waals surface area contributed by atoms with Gasteiger partial charge in [0.1, 0.15) is 5.82 Å². The molecule has 4 nitrogen and oxygen atoms in total. The van der Waals surface area contributed by atoms with E-state index in [1.807, 2.05) is 39.0 Å². The summed E-state index contributed by atoms with van der Waals surface area (Å²) in [7, 11) is -2.13. The summed E-state index contributed by atoms with van der Waals surface area (Å²) in [5.41, 5.74) is 0.109. The van der Waals surface area contributed by atoms with Gasteiger partial charge in [0.05, 0.1) is 23.0 Å². The fourth-order valence-electron chi connectivity index (χ4n) is 3.76. The lowest BCUT2D eigenvalue weighted by atomic mass is 9.61. The zero-order valence-corrected chi connectivity index (χ0v) is 23.4. The van der Waals surface area contributed by atoms with Gasteiger partial charge in [0.25, 0.3) is 0 Å². The van der Waals surface area contributed by atoms with Gasteiger partial charge in [-0.2, -0.15) is 0 Å². The molecule has 2 unspecified atom stereocenters. The summed E-state index contributed by atoms with van der Waals surface area (Å²) >= 11 is 1.28. The zero-order chi connectivity index (χ0) is 25.6. The Bertz CT molecular complexity index is 1020. The normalized spacial score (nSPS) is 15.9. The monoisotopic (exact) mass is 494 g/mol. The summed E-state index contributed by atoms with van der Waals surface area (Å²) in [5, 5.41) is 19.9. The molecule has 2 N–H and O–H groups in total. The van der Waals surface area contributed by atoms with Gasteiger partial charge in [0.2, 0.25) is 0 Å². The van der Waals surface area contributed by atoms with E-state index in [0.29, 0.717) is 9.75 Å². The van der Waals surface area contributed by atoms with Gasteiger partial charge in [0, 0.05) is 10.3 Å². The highest BCUT2D eigenvalue weighted by atomic mass is 32.1. The standard InChI is InChI=1S/C26H39FO4SSi/c1-16-11-12-19(13-18(16)15-28)26(8,25(6,7)23(29)30)21-14-20(27)22(32-21)17(2)31-33(9,10)24(3,4)5/h11-14,17,28H,15H2,1-10H3,(H,29,30). The zero-order valence-electron chi connectivity index (χ0n) is 21.6. The number of hydrogen-bond donors (Lipinski definition) is 2. The molecule has 0 amide bonds. The lowest BCUT2D eigenvalue weighted by molar-refractivity contribution is -0.149. The molecule has 0 saturated carbocycles. The number of aliphatic hydroxyl groups excluding tert-OH is 1. The molecule has 1 aromatic carbocycles. The van der Waals surface area contributed by atoms with Gasteiger partial charge < -0.3 is 14.6 Å². The number of benzene rings is 1. The van der Waals surface area contributed by atoms with Crippen LogP contribution >= 0.6 is 11.3 Å². The van der Waals surface area contributed by atoms with Crippen molar-refractivity contribution in [3.05, 3.63) is 56.5 Å². The molecular formula is C26H39FO4SSi. The van der Waals surface area contributed by atoms with Gasteiger partial charge in [-0.25, -0.2) is 4.39 Å². The second-order valence-electron chi connectivity index (χ2n) is 11.2. The van der Waals surface area contributed by atoms with Crippen LogP contribution in [-0.4, -0.2) is 24.5 Å². The van der Waals surface area contributed by atoms with E-state index in [0.717, 1.165) is 16.7 Å². The molecule has 0 aliphatic heterocycles. The highest BCUT2D eigenvalue weighted by Crippen LogP contribution is 2.51. The molecule has 0 fully saturated rings. The Morgan fingerprint density at radius 1 is 1.15 bits per heavy atom. The minimum atomic E-state index is -2.13. The van der Waals surface area contributed by atoms with Gasteiger partial charge in [-0.3, -0.25) is 4.79 Å². The number of aliphatic hydroxyl groups is 1. The molecule has 0 radical (unpaired) electrons. The SMILES string of the molecule is Cc1ccc(C(C)(c2cc(F)c(C(C)O[Si](C)(C)C(C)(C)C)s2)C(C)(C)C(=O)O)cc1CO. The second-order valence-corrected chi connectivity index (χ2v) is 17.0. The maximum atomic E-state index is 15.3. The lowest BCUT2D eigenvalue weighted by Crippen LogP contribution is -2.45. The Morgan fingerprint density at radius 3 is 2.21 bits per heavy atom. The number of halogens is 1. The first-order chi connectivity index (χ1) is 14.9. The number of carboxylic acids is 1. The van der Waals surface area contributed by atoms with Crippen LogP contribution in [0, 0.1) is 18.2 Å². The fraction of sp³-hybridized carbons (Fsp3) is 0.577. The van der Waals surface area contributed by atoms with E-state index in [2.05, 4.69) is 33.9 Å². The average Bonchev–Trinajstić information content (AvgIpc) is 3.08. The Kier molecular flexibility index (Phi) is 7.76. The molecule has 0 spiro atoms. The van der Waals surface area contributed by atoms with Crippen molar-refractivity contribution >= 4 is 25.6 Å². The van der Waals surface area contributed by atoms with E-state index in [4.69, 9.17) is 4.43 Å². The van der Waals surface area contributed by atoms with Crippen molar-refractivity contribution in [2.24, 2.45) is 5.41 Å². The largest absolute Gasteiger partial charge is 0.481 e. The molecular weight excluding hydrogens is 455 g/mol. The summed E-state index contributed by atoms with van der Waals surface area (Å²) < 4.78 is 21.8. The Morgan fingerprint density at radius 2 is 1.73 bits per heavy atom. The average molecular weight is 495 g/mol. The van der Waals surface area contributed by atoms with E-state index in [-0.39, 0.29) is 17.5 Å². The van der Waals surface area contributed by atoms with Crippen molar-refractivity contribution in [1.29, 1.82) is 0 Å². The quantitative estimate of drug-likeness (QED) is 0.381. The Hall–Kier alpha value is -1.54. The van der Waals surface area contributed by atoms with Crippen molar-refractivity contribution < 1.29 is 23.8 Å². The summed E-state index contributed by atoms with van der Waals surface area (Å²) in [6.45, 7) is 19.5. The van der Waals surface area contributed by atoms with Crippen LogP contribution in [0.3, 0.4) is 0 Å². The molecule has 33 heavy (non-hydrogen) atoms. The van der Waals surface area contributed by atoms with Crippen molar-refractivity contribution in [1.82, 2.24) is 0 Å². The number of thiophene rings is 1. The number of aryl methyl sites for hydroxylation is 1. The third kappa shape index (κ3) is 4.97. The molecule has 7 heteroatoms. The van der Waals surface area contributed by atoms with Gasteiger partial charge in [-0.05, 0) is 75.5 Å². The van der Waals surface area contributed by atoms with Gasteiger partial charge >= 0.3 is 5.97 Å². The number of aliphatic carboxylic acids is 1. The van der Waals surface area contributed by atoms with Crippen LogP contribution in [-0.2, 0) is 21.2 Å². The molecule has 1 heterocycles. The van der Waals surface area contributed by atoms with Crippen LogP contribution in [0.4, 0.5) is 4.39 Å². The van der Waals surface area contributed by atoms with Gasteiger partial charge in [-0.1, -0.05) is 39.0 Å². The third-order valence-electron chi connectivity index (χ3n) is 7.73. The van der Waals surface area contributed by atoms with E-state index in [1.54, 1.807) is 13.8 Å². The smallest absolute Gasteiger partial charge is 0.310 e. The van der Waals surface area contributed by atoms with E-state index >= 15 is 4.39 Å². The summed E-state index contributed by atoms with van der Waals surface area (Å²) in [6, 6.07) is 7.07. The van der Waals surface area contributed by atoms with Crippen molar-refractivity contribution in [3.63, 3.8) is 0 Å². The van der Waals surface area contributed by atoms with Crippen molar-refractivity contribution in [2.45, 2.75) is 91.6 Å². The van der Waals surface area contributed by atoms with Crippen LogP contribution in [0.25, 0.3) is 0 Å². The van der Waals surface area contributed by atoms with Gasteiger partial charge in [0.15, 0.2) is 8.32 Å². The number of carbonyl (C=O) groups is 1. The topological polar surface area (TPSA) is 66.8 Å². The predicted molar refractivity (Wildman–Crippen MR) is 136 cm³/mol. The molecule has 184 valence electrons. The Labute approximate surface area is 203 Å². The Balaban J connectivity index is 2.67. The first-order valence-electron chi connectivity index (χ1n) is 11.3. The van der Waals surface area contributed by atoms with Crippen LogP contribution in [0.2, 0.25) is 18.1 Å². The maximum Gasteiger partial charge on any atom is 0.310 e. The minimum Gasteiger partial charge on any atom is -0.481 e. The highest BCUT2D eigenvalue weighted by Gasteiger charge is 2.51. The lowest BCUT2D eigenvalue weighted by Gasteiger charge is -2.41. The molecule has 1 aromatic heterocycles. The van der Waals surface area contributed by atoms with Crippen molar-refractivity contribution in [3.8, 4) is 0 Å². The van der Waals surface area contributed by atoms with Crippen LogP contribution in [0.15, 0.2) is 24.3 Å². The summed E-state index contributed by atoms with van der Waals surface area (Å²) in [5.74, 6) is -1.35. The molecule has 2 aromatic rings. The maximum absolute atomic E-state index is 15.3. The third-order valence-corrected chi connectivity index (χ3v) is 13.8. The number of rotatable bonds is 8. The fourth-order valence-corrected chi connectivity index (χ4v) is 6.54. The van der Waals surface area contributed by atoms with Crippen molar-refractivity contribution in [2.75, 3.05) is 0 Å². The number of hydrogen-bond acceptors (Lipinski definition) is 4. The van der Waals surface area contributed by atoms with E-state index in [1.165, 1.54) is 17.4 Å². The molecule has 0 aliphatic rings. The second kappa shape index (κ2) is 9.25. The molecule has 0 saturated heterocycles. The van der Waals surface area contributed by atoms with Crippen LogP contribution in [0.1, 0.15) is 81.0 Å². The predicted octanol–water partition coefficient (Wildman–Crippen LogP) is 7.19. The van der Waals surface area contributed by atoms with Crippen LogP contribution in [0.5, 0.6) is 0 Å². The first-order valence-corrected chi connectivity index (χ1v) is 15.0. The van der Waals surface area contributed by atoms with E-state index in [9.17, 15) is 15.0 Å². The molecule has 2 rings (SSSR count). The van der Waals surface area contributed by atoms with Gasteiger partial charge in [-0.15, -0.1) is 11.3 Å². The molecule has 2 atom stereocenters. The molecule has 0 aliphatic carbocycles. The number of carboxylic acid groups (broad SMARTS) is 1. The molecule has 0 bridgehead atoms.